The molecule has 17 heavy (non-hydrogen) atoms. The lowest BCUT2D eigenvalue weighted by atomic mass is 10.1. The number of aromatic nitrogens is 2. The van der Waals surface area contributed by atoms with E-state index < -0.39 is 17.9 Å². The maximum atomic E-state index is 11.6. The summed E-state index contributed by atoms with van der Waals surface area (Å²) < 4.78 is 0. The summed E-state index contributed by atoms with van der Waals surface area (Å²) >= 11 is 5.52. The summed E-state index contributed by atoms with van der Waals surface area (Å²) in [6.07, 6.45) is 3.44. The topological polar surface area (TPSA) is 92.2 Å². The number of aliphatic carboxylic acids is 1. The molecule has 0 aromatic carbocycles. The summed E-state index contributed by atoms with van der Waals surface area (Å²) in [7, 11) is 0. The monoisotopic (exact) mass is 257 g/mol. The summed E-state index contributed by atoms with van der Waals surface area (Å²) in [5.41, 5.74) is 0.0387. The third-order valence-corrected chi connectivity index (χ3v) is 2.23. The Hall–Kier alpha value is -1.69. The van der Waals surface area contributed by atoms with Gasteiger partial charge in [0.1, 0.15) is 16.9 Å². The predicted molar refractivity (Wildman–Crippen MR) is 60.8 cm³/mol. The first-order valence-corrected chi connectivity index (χ1v) is 5.43. The zero-order valence-electron chi connectivity index (χ0n) is 9.18. The van der Waals surface area contributed by atoms with Crippen LogP contribution in [0.15, 0.2) is 12.4 Å². The second-order valence-corrected chi connectivity index (χ2v) is 3.76. The number of hydrogen-bond donors (Lipinski definition) is 2. The second-order valence-electron chi connectivity index (χ2n) is 3.38. The molecule has 1 rings (SSSR count). The van der Waals surface area contributed by atoms with E-state index in [9.17, 15) is 9.59 Å². The van der Waals surface area contributed by atoms with Crippen LogP contribution in [0.4, 0.5) is 0 Å². The normalized spacial score (nSPS) is 11.9. The van der Waals surface area contributed by atoms with Crippen molar-refractivity contribution in [2.45, 2.75) is 25.8 Å². The van der Waals surface area contributed by atoms with E-state index in [1.807, 2.05) is 6.92 Å². The molecule has 0 spiro atoms. The highest BCUT2D eigenvalue weighted by molar-refractivity contribution is 6.29. The third-order valence-electron chi connectivity index (χ3n) is 2.03. The standard InChI is InChI=1S/C10H12ClN3O3/c1-2-3-6(10(16)17)14-9(15)7-4-13-8(11)5-12-7/h4-6H,2-3H2,1H3,(H,14,15)(H,16,17)/t6-/m0/s1. The van der Waals surface area contributed by atoms with Gasteiger partial charge in [0.05, 0.1) is 12.4 Å². The van der Waals surface area contributed by atoms with Gasteiger partial charge in [0.25, 0.3) is 5.91 Å². The summed E-state index contributed by atoms with van der Waals surface area (Å²) in [5, 5.41) is 11.4. The van der Waals surface area contributed by atoms with Crippen LogP contribution in [0.1, 0.15) is 30.3 Å². The molecule has 6 nitrogen and oxygen atoms in total. The van der Waals surface area contributed by atoms with Crippen molar-refractivity contribution in [3.63, 3.8) is 0 Å². The van der Waals surface area contributed by atoms with Crippen LogP contribution in [0, 0.1) is 0 Å². The van der Waals surface area contributed by atoms with Crippen LogP contribution in [0.5, 0.6) is 0 Å². The Morgan fingerprint density at radius 2 is 2.18 bits per heavy atom. The van der Waals surface area contributed by atoms with Gasteiger partial charge in [-0.1, -0.05) is 24.9 Å². The summed E-state index contributed by atoms with van der Waals surface area (Å²) in [6, 6.07) is -0.912. The minimum Gasteiger partial charge on any atom is -0.480 e. The first-order chi connectivity index (χ1) is 8.04. The molecule has 92 valence electrons. The number of carbonyl (C=O) groups is 2. The van der Waals surface area contributed by atoms with Gasteiger partial charge >= 0.3 is 5.97 Å². The molecule has 0 aliphatic rings. The molecule has 1 aromatic rings. The summed E-state index contributed by atoms with van der Waals surface area (Å²) in [4.78, 5) is 29.9. The van der Waals surface area contributed by atoms with Crippen LogP contribution in [-0.2, 0) is 4.79 Å². The highest BCUT2D eigenvalue weighted by Crippen LogP contribution is 2.03. The van der Waals surface area contributed by atoms with Gasteiger partial charge < -0.3 is 10.4 Å². The molecule has 2 N–H and O–H groups in total. The van der Waals surface area contributed by atoms with E-state index >= 15 is 0 Å². The lowest BCUT2D eigenvalue weighted by Crippen LogP contribution is -2.41. The molecule has 0 saturated carbocycles. The zero-order chi connectivity index (χ0) is 12.8. The van der Waals surface area contributed by atoms with Crippen LogP contribution in [0.2, 0.25) is 5.15 Å². The van der Waals surface area contributed by atoms with Crippen molar-refractivity contribution in [3.8, 4) is 0 Å². The fourth-order valence-electron chi connectivity index (χ4n) is 1.21. The number of nitrogens with one attached hydrogen (secondary N) is 1. The van der Waals surface area contributed by atoms with Crippen LogP contribution in [0.25, 0.3) is 0 Å². The highest BCUT2D eigenvalue weighted by atomic mass is 35.5. The molecule has 0 bridgehead atoms. The molecule has 0 fully saturated rings. The van der Waals surface area contributed by atoms with Crippen LogP contribution in [0.3, 0.4) is 0 Å². The van der Waals surface area contributed by atoms with Crippen molar-refractivity contribution in [3.05, 3.63) is 23.2 Å². The molecule has 1 aromatic heterocycles. The molecule has 0 radical (unpaired) electrons. The minimum absolute atomic E-state index is 0.0387. The van der Waals surface area contributed by atoms with Gasteiger partial charge in [-0.25, -0.2) is 14.8 Å². The lowest BCUT2D eigenvalue weighted by molar-refractivity contribution is -0.139. The Kier molecular flexibility index (Phi) is 4.84. The average Bonchev–Trinajstić information content (AvgIpc) is 2.29. The maximum absolute atomic E-state index is 11.6. The van der Waals surface area contributed by atoms with E-state index in [2.05, 4.69) is 15.3 Å². The van der Waals surface area contributed by atoms with Gasteiger partial charge in [-0.05, 0) is 6.42 Å². The van der Waals surface area contributed by atoms with Gasteiger partial charge in [0.15, 0.2) is 0 Å². The fourth-order valence-corrected chi connectivity index (χ4v) is 1.31. The van der Waals surface area contributed by atoms with Gasteiger partial charge in [-0.15, -0.1) is 0 Å². The fraction of sp³-hybridized carbons (Fsp3) is 0.400. The average molecular weight is 258 g/mol. The van der Waals surface area contributed by atoms with Crippen molar-refractivity contribution in [2.75, 3.05) is 0 Å². The zero-order valence-corrected chi connectivity index (χ0v) is 9.94. The van der Waals surface area contributed by atoms with Crippen molar-refractivity contribution < 1.29 is 14.7 Å². The lowest BCUT2D eigenvalue weighted by Gasteiger charge is -2.12. The number of hydrogen-bond acceptors (Lipinski definition) is 4. The molecule has 7 heteroatoms. The Labute approximate surface area is 103 Å². The van der Waals surface area contributed by atoms with Crippen molar-refractivity contribution >= 4 is 23.5 Å². The maximum Gasteiger partial charge on any atom is 0.326 e. The van der Waals surface area contributed by atoms with E-state index in [0.29, 0.717) is 12.8 Å². The van der Waals surface area contributed by atoms with Crippen molar-refractivity contribution in [1.29, 1.82) is 0 Å². The SMILES string of the molecule is CCC[C@H](NC(=O)c1cnc(Cl)cn1)C(=O)O. The second kappa shape index (κ2) is 6.15. The first-order valence-electron chi connectivity index (χ1n) is 5.05. The summed E-state index contributed by atoms with van der Waals surface area (Å²) in [6.45, 7) is 1.84. The molecule has 1 amide bonds. The minimum atomic E-state index is -1.07. The van der Waals surface area contributed by atoms with E-state index in [1.165, 1.54) is 12.4 Å². The molecule has 0 aliphatic heterocycles. The van der Waals surface area contributed by atoms with E-state index in [1.54, 1.807) is 0 Å². The molecule has 1 heterocycles. The quantitative estimate of drug-likeness (QED) is 0.824. The van der Waals surface area contributed by atoms with E-state index in [-0.39, 0.29) is 10.8 Å². The Morgan fingerprint density at radius 3 is 2.65 bits per heavy atom. The van der Waals surface area contributed by atoms with E-state index in [4.69, 9.17) is 16.7 Å². The highest BCUT2D eigenvalue weighted by Gasteiger charge is 2.20. The van der Waals surface area contributed by atoms with Gasteiger partial charge in [-0.2, -0.15) is 0 Å². The number of amides is 1. The summed E-state index contributed by atoms with van der Waals surface area (Å²) in [5.74, 6) is -1.64. The van der Waals surface area contributed by atoms with Crippen LogP contribution >= 0.6 is 11.6 Å². The van der Waals surface area contributed by atoms with Gasteiger partial charge in [0, 0.05) is 0 Å². The van der Waals surface area contributed by atoms with Crippen LogP contribution in [-0.4, -0.2) is 33.0 Å². The molecule has 0 unspecified atom stereocenters. The van der Waals surface area contributed by atoms with Crippen molar-refractivity contribution in [2.24, 2.45) is 0 Å². The molecular weight excluding hydrogens is 246 g/mol. The van der Waals surface area contributed by atoms with Crippen molar-refractivity contribution in [1.82, 2.24) is 15.3 Å². The molecule has 0 aliphatic carbocycles. The van der Waals surface area contributed by atoms with Gasteiger partial charge in [0.2, 0.25) is 0 Å². The number of rotatable bonds is 5. The smallest absolute Gasteiger partial charge is 0.326 e. The number of carbonyl (C=O) groups excluding carboxylic acids is 1. The number of halogens is 1. The third kappa shape index (κ3) is 3.99. The number of nitrogens with zero attached hydrogens (tertiary/aromatic N) is 2. The molecule has 1 atom stereocenters. The van der Waals surface area contributed by atoms with Gasteiger partial charge in [-0.3, -0.25) is 4.79 Å². The van der Waals surface area contributed by atoms with E-state index in [0.717, 1.165) is 0 Å². The van der Waals surface area contributed by atoms with Crippen LogP contribution < -0.4 is 5.32 Å². The first kappa shape index (κ1) is 13.4. The Bertz CT molecular complexity index is 408. The Morgan fingerprint density at radius 1 is 1.47 bits per heavy atom. The predicted octanol–water partition coefficient (Wildman–Crippen LogP) is 1.11. The Balaban J connectivity index is 2.70. The number of carboxylic acid groups (broad SMARTS) is 1. The molecule has 0 saturated heterocycles. The largest absolute Gasteiger partial charge is 0.480 e. The number of carboxylic acids is 1. The molecular formula is C10H12ClN3O3.